The van der Waals surface area contributed by atoms with Gasteiger partial charge < -0.3 is 10.1 Å². The third-order valence-electron chi connectivity index (χ3n) is 3.40. The minimum absolute atomic E-state index is 0.0986. The topological polar surface area (TPSA) is 21.3 Å². The van der Waals surface area contributed by atoms with E-state index in [4.69, 9.17) is 16.3 Å². The van der Waals surface area contributed by atoms with E-state index >= 15 is 0 Å². The van der Waals surface area contributed by atoms with Crippen LogP contribution in [0.2, 0.25) is 5.02 Å². The Balaban J connectivity index is 2.19. The van der Waals surface area contributed by atoms with Crippen molar-refractivity contribution < 1.29 is 9.13 Å². The fourth-order valence-electron chi connectivity index (χ4n) is 2.28. The molecule has 0 amide bonds. The number of benzene rings is 2. The molecule has 0 fully saturated rings. The molecule has 1 unspecified atom stereocenters. The van der Waals surface area contributed by atoms with Crippen molar-refractivity contribution in [2.45, 2.75) is 19.4 Å². The lowest BCUT2D eigenvalue weighted by Gasteiger charge is -2.19. The Labute approximate surface area is 129 Å². The number of methoxy groups -OCH3 is 1. The Kier molecular flexibility index (Phi) is 5.59. The Bertz CT molecular complexity index is 586. The summed E-state index contributed by atoms with van der Waals surface area (Å²) in [7, 11) is 1.65. The highest BCUT2D eigenvalue weighted by atomic mass is 35.5. The molecule has 0 radical (unpaired) electrons. The van der Waals surface area contributed by atoms with Gasteiger partial charge in [-0.1, -0.05) is 36.7 Å². The van der Waals surface area contributed by atoms with Crippen LogP contribution in [0, 0.1) is 5.82 Å². The van der Waals surface area contributed by atoms with Crippen molar-refractivity contribution in [3.63, 3.8) is 0 Å². The third kappa shape index (κ3) is 4.19. The summed E-state index contributed by atoms with van der Waals surface area (Å²) in [5, 5.41) is 3.57. The lowest BCUT2D eigenvalue weighted by Crippen LogP contribution is -2.23. The number of likely N-dealkylation sites (N-methyl/N-ethyl adjacent to an activating group) is 1. The molecule has 2 aromatic carbocycles. The Morgan fingerprint density at radius 2 is 1.90 bits per heavy atom. The van der Waals surface area contributed by atoms with Crippen molar-refractivity contribution in [2.24, 2.45) is 0 Å². The van der Waals surface area contributed by atoms with Crippen LogP contribution in [0.4, 0.5) is 4.39 Å². The summed E-state index contributed by atoms with van der Waals surface area (Å²) in [4.78, 5) is 0. The summed E-state index contributed by atoms with van der Waals surface area (Å²) < 4.78 is 18.5. The van der Waals surface area contributed by atoms with Crippen molar-refractivity contribution in [2.75, 3.05) is 13.7 Å². The van der Waals surface area contributed by atoms with Crippen LogP contribution in [0.1, 0.15) is 24.1 Å². The van der Waals surface area contributed by atoms with E-state index in [0.717, 1.165) is 24.3 Å². The third-order valence-corrected chi connectivity index (χ3v) is 3.69. The minimum atomic E-state index is -0.389. The summed E-state index contributed by atoms with van der Waals surface area (Å²) in [6.45, 7) is 2.88. The SMILES string of the molecule is CCNC(Cc1ccc(OC)cc1)c1ccc(F)c(Cl)c1. The maximum Gasteiger partial charge on any atom is 0.141 e. The van der Waals surface area contributed by atoms with Gasteiger partial charge in [0.05, 0.1) is 12.1 Å². The van der Waals surface area contributed by atoms with Gasteiger partial charge in [0.15, 0.2) is 0 Å². The predicted molar refractivity (Wildman–Crippen MR) is 84.5 cm³/mol. The molecule has 0 spiro atoms. The van der Waals surface area contributed by atoms with Gasteiger partial charge in [0, 0.05) is 6.04 Å². The average molecular weight is 308 g/mol. The molecular formula is C17H19ClFNO. The smallest absolute Gasteiger partial charge is 0.141 e. The van der Waals surface area contributed by atoms with Crippen LogP contribution in [0.3, 0.4) is 0 Å². The molecule has 1 atom stereocenters. The van der Waals surface area contributed by atoms with E-state index in [1.165, 1.54) is 11.6 Å². The predicted octanol–water partition coefficient (Wildman–Crippen LogP) is 4.38. The van der Waals surface area contributed by atoms with Gasteiger partial charge in [0.1, 0.15) is 11.6 Å². The van der Waals surface area contributed by atoms with E-state index in [-0.39, 0.29) is 16.9 Å². The first kappa shape index (κ1) is 15.8. The lowest BCUT2D eigenvalue weighted by molar-refractivity contribution is 0.414. The van der Waals surface area contributed by atoms with Crippen LogP contribution in [0.25, 0.3) is 0 Å². The first-order chi connectivity index (χ1) is 10.1. The molecule has 0 bridgehead atoms. The summed E-state index contributed by atoms with van der Waals surface area (Å²) >= 11 is 5.88. The van der Waals surface area contributed by atoms with E-state index < -0.39 is 0 Å². The number of hydrogen-bond acceptors (Lipinski definition) is 2. The minimum Gasteiger partial charge on any atom is -0.497 e. The molecule has 2 nitrogen and oxygen atoms in total. The molecule has 0 saturated carbocycles. The van der Waals surface area contributed by atoms with Gasteiger partial charge in [-0.05, 0) is 48.4 Å². The fourth-order valence-corrected chi connectivity index (χ4v) is 2.47. The largest absolute Gasteiger partial charge is 0.497 e. The maximum atomic E-state index is 13.3. The molecule has 2 rings (SSSR count). The molecule has 0 aromatic heterocycles. The summed E-state index contributed by atoms with van der Waals surface area (Å²) in [5.74, 6) is 0.448. The lowest BCUT2D eigenvalue weighted by atomic mass is 9.98. The molecule has 0 heterocycles. The zero-order valence-corrected chi connectivity index (χ0v) is 13.0. The van der Waals surface area contributed by atoms with Crippen molar-refractivity contribution in [1.29, 1.82) is 0 Å². The molecule has 0 saturated heterocycles. The molecular weight excluding hydrogens is 289 g/mol. The second-order valence-electron chi connectivity index (χ2n) is 4.84. The van der Waals surface area contributed by atoms with E-state index in [0.29, 0.717) is 0 Å². The van der Waals surface area contributed by atoms with Crippen LogP contribution < -0.4 is 10.1 Å². The standard InChI is InChI=1S/C17H19ClFNO/c1-3-20-17(13-6-9-16(19)15(18)11-13)10-12-4-7-14(21-2)8-5-12/h4-9,11,17,20H,3,10H2,1-2H3. The van der Waals surface area contributed by atoms with Gasteiger partial charge in [-0.3, -0.25) is 0 Å². The van der Waals surface area contributed by atoms with Crippen molar-refractivity contribution in [3.05, 3.63) is 64.4 Å². The zero-order valence-electron chi connectivity index (χ0n) is 12.2. The highest BCUT2D eigenvalue weighted by Crippen LogP contribution is 2.24. The highest BCUT2D eigenvalue weighted by molar-refractivity contribution is 6.30. The first-order valence-corrected chi connectivity index (χ1v) is 7.33. The quantitative estimate of drug-likeness (QED) is 0.855. The normalized spacial score (nSPS) is 12.2. The highest BCUT2D eigenvalue weighted by Gasteiger charge is 2.13. The van der Waals surface area contributed by atoms with Gasteiger partial charge in [0.25, 0.3) is 0 Å². The number of ether oxygens (including phenoxy) is 1. The van der Waals surface area contributed by atoms with Crippen LogP contribution in [-0.2, 0) is 6.42 Å². The molecule has 2 aromatic rings. The average Bonchev–Trinajstić information content (AvgIpc) is 2.50. The van der Waals surface area contributed by atoms with E-state index in [1.54, 1.807) is 19.2 Å². The van der Waals surface area contributed by atoms with Crippen LogP contribution >= 0.6 is 11.6 Å². The van der Waals surface area contributed by atoms with Crippen LogP contribution in [0.15, 0.2) is 42.5 Å². The molecule has 4 heteroatoms. The van der Waals surface area contributed by atoms with Gasteiger partial charge in [-0.15, -0.1) is 0 Å². The number of halogens is 2. The number of rotatable bonds is 6. The second kappa shape index (κ2) is 7.43. The Morgan fingerprint density at radius 1 is 1.19 bits per heavy atom. The van der Waals surface area contributed by atoms with E-state index in [9.17, 15) is 4.39 Å². The molecule has 21 heavy (non-hydrogen) atoms. The van der Waals surface area contributed by atoms with Crippen LogP contribution in [-0.4, -0.2) is 13.7 Å². The molecule has 0 aliphatic carbocycles. The summed E-state index contributed by atoms with van der Waals surface area (Å²) in [6, 6.07) is 12.9. The number of nitrogens with one attached hydrogen (secondary N) is 1. The Hall–Kier alpha value is -1.58. The van der Waals surface area contributed by atoms with E-state index in [2.05, 4.69) is 5.32 Å². The Morgan fingerprint density at radius 3 is 2.48 bits per heavy atom. The molecule has 0 aliphatic rings. The van der Waals surface area contributed by atoms with Crippen molar-refractivity contribution in [1.82, 2.24) is 5.32 Å². The maximum absolute atomic E-state index is 13.3. The van der Waals surface area contributed by atoms with Crippen molar-refractivity contribution in [3.8, 4) is 5.75 Å². The van der Waals surface area contributed by atoms with Gasteiger partial charge >= 0.3 is 0 Å². The number of hydrogen-bond donors (Lipinski definition) is 1. The zero-order chi connectivity index (χ0) is 15.2. The second-order valence-corrected chi connectivity index (χ2v) is 5.24. The summed E-state index contributed by atoms with van der Waals surface area (Å²) in [6.07, 6.45) is 0.805. The fraction of sp³-hybridized carbons (Fsp3) is 0.294. The van der Waals surface area contributed by atoms with Crippen LogP contribution in [0.5, 0.6) is 5.75 Å². The monoisotopic (exact) mass is 307 g/mol. The van der Waals surface area contributed by atoms with Gasteiger partial charge in [-0.2, -0.15) is 0 Å². The van der Waals surface area contributed by atoms with Gasteiger partial charge in [-0.25, -0.2) is 4.39 Å². The van der Waals surface area contributed by atoms with Crippen molar-refractivity contribution >= 4 is 11.6 Å². The summed E-state index contributed by atoms with van der Waals surface area (Å²) in [5.41, 5.74) is 2.17. The molecule has 0 aliphatic heterocycles. The first-order valence-electron chi connectivity index (χ1n) is 6.95. The van der Waals surface area contributed by atoms with E-state index in [1.807, 2.05) is 31.2 Å². The molecule has 112 valence electrons. The van der Waals surface area contributed by atoms with Gasteiger partial charge in [0.2, 0.25) is 0 Å². The molecule has 1 N–H and O–H groups in total.